The van der Waals surface area contributed by atoms with Crippen molar-refractivity contribution in [3.05, 3.63) is 53.6 Å². The standard InChI is InChI=1S/C20H20F4N4O3.ClH/c1-18(10-31-19(2,17(25)28-18)20(22,23)24)13-8-11(4-6-14(13)21)27-16(29)15-7-5-12(30-3)9-26-15;/h4-9H,10H2,1-3H3,(H2,25,28)(H,27,29);1H/t18-,19+;/m0./s1. The zero-order valence-corrected chi connectivity index (χ0v) is 18.1. The fourth-order valence-corrected chi connectivity index (χ4v) is 2.97. The van der Waals surface area contributed by atoms with E-state index in [0.29, 0.717) is 5.75 Å². The number of aromatic nitrogens is 1. The van der Waals surface area contributed by atoms with Gasteiger partial charge in [0.15, 0.2) is 0 Å². The maximum Gasteiger partial charge on any atom is 0.424 e. The number of alkyl halides is 3. The number of amides is 1. The largest absolute Gasteiger partial charge is 0.495 e. The Hall–Kier alpha value is -2.92. The number of ether oxygens (including phenoxy) is 2. The molecule has 174 valence electrons. The van der Waals surface area contributed by atoms with Crippen LogP contribution in [0.3, 0.4) is 0 Å². The highest BCUT2D eigenvalue weighted by molar-refractivity contribution is 6.03. The number of amidine groups is 1. The molecular formula is C20H21ClF4N4O3. The predicted octanol–water partition coefficient (Wildman–Crippen LogP) is 3.83. The van der Waals surface area contributed by atoms with Gasteiger partial charge in [0.25, 0.3) is 5.91 Å². The van der Waals surface area contributed by atoms with E-state index in [0.717, 1.165) is 13.0 Å². The fraction of sp³-hybridized carbons (Fsp3) is 0.350. The Bertz CT molecular complexity index is 1030. The van der Waals surface area contributed by atoms with Crippen molar-refractivity contribution in [1.82, 2.24) is 4.98 Å². The molecule has 1 aliphatic rings. The van der Waals surface area contributed by atoms with Crippen LogP contribution in [0, 0.1) is 5.82 Å². The van der Waals surface area contributed by atoms with Crippen LogP contribution in [0.15, 0.2) is 41.5 Å². The number of nitrogens with two attached hydrogens (primary N) is 1. The summed E-state index contributed by atoms with van der Waals surface area (Å²) in [5.74, 6) is -1.66. The highest BCUT2D eigenvalue weighted by atomic mass is 35.5. The second-order valence-corrected chi connectivity index (χ2v) is 7.32. The van der Waals surface area contributed by atoms with Crippen molar-refractivity contribution in [3.63, 3.8) is 0 Å². The Morgan fingerprint density at radius 3 is 2.47 bits per heavy atom. The van der Waals surface area contributed by atoms with Crippen LogP contribution in [0.1, 0.15) is 29.9 Å². The Morgan fingerprint density at radius 1 is 1.25 bits per heavy atom. The number of nitrogens with one attached hydrogen (secondary N) is 1. The minimum Gasteiger partial charge on any atom is -0.495 e. The molecule has 1 aromatic heterocycles. The van der Waals surface area contributed by atoms with Gasteiger partial charge in [0.2, 0.25) is 5.60 Å². The summed E-state index contributed by atoms with van der Waals surface area (Å²) in [5, 5.41) is 2.56. The molecule has 0 saturated heterocycles. The van der Waals surface area contributed by atoms with Crippen molar-refractivity contribution in [1.29, 1.82) is 0 Å². The molecule has 0 aliphatic carbocycles. The predicted molar refractivity (Wildman–Crippen MR) is 112 cm³/mol. The van der Waals surface area contributed by atoms with E-state index in [1.807, 2.05) is 0 Å². The van der Waals surface area contributed by atoms with Gasteiger partial charge in [-0.05, 0) is 44.2 Å². The average molecular weight is 477 g/mol. The van der Waals surface area contributed by atoms with E-state index in [1.54, 1.807) is 6.07 Å². The maximum absolute atomic E-state index is 14.6. The van der Waals surface area contributed by atoms with Crippen LogP contribution in [-0.2, 0) is 10.3 Å². The number of anilines is 1. The number of carbonyl (C=O) groups excluding carboxylic acids is 1. The summed E-state index contributed by atoms with van der Waals surface area (Å²) < 4.78 is 64.5. The van der Waals surface area contributed by atoms with E-state index in [2.05, 4.69) is 15.3 Å². The number of nitrogens with zero attached hydrogens (tertiary/aromatic N) is 2. The second-order valence-electron chi connectivity index (χ2n) is 7.32. The lowest BCUT2D eigenvalue weighted by atomic mass is 9.89. The van der Waals surface area contributed by atoms with E-state index < -0.39 is 41.5 Å². The summed E-state index contributed by atoms with van der Waals surface area (Å²) >= 11 is 0. The maximum atomic E-state index is 14.6. The number of pyridine rings is 1. The molecule has 0 spiro atoms. The van der Waals surface area contributed by atoms with Crippen molar-refractivity contribution >= 4 is 29.8 Å². The molecule has 3 N–H and O–H groups in total. The molecule has 1 aliphatic heterocycles. The van der Waals surface area contributed by atoms with Crippen LogP contribution < -0.4 is 15.8 Å². The number of hydrogen-bond donors (Lipinski definition) is 2. The van der Waals surface area contributed by atoms with Gasteiger partial charge in [-0.3, -0.25) is 9.79 Å². The zero-order chi connectivity index (χ0) is 23.0. The third-order valence-electron chi connectivity index (χ3n) is 5.05. The topological polar surface area (TPSA) is 98.8 Å². The summed E-state index contributed by atoms with van der Waals surface area (Å²) in [6, 6.07) is 6.64. The molecule has 1 aromatic carbocycles. The van der Waals surface area contributed by atoms with Crippen molar-refractivity contribution in [2.75, 3.05) is 19.0 Å². The minimum atomic E-state index is -4.79. The SMILES string of the molecule is COc1ccc(C(=O)Nc2ccc(F)c([C@]3(C)CO[C@@](C)(C(F)(F)F)C(N)=N3)c2)nc1.Cl. The van der Waals surface area contributed by atoms with Crippen LogP contribution >= 0.6 is 12.4 Å². The first-order chi connectivity index (χ1) is 14.4. The summed E-state index contributed by atoms with van der Waals surface area (Å²) in [7, 11) is 1.46. The van der Waals surface area contributed by atoms with Crippen LogP contribution in [0.4, 0.5) is 23.2 Å². The molecule has 7 nitrogen and oxygen atoms in total. The van der Waals surface area contributed by atoms with Gasteiger partial charge in [-0.2, -0.15) is 13.2 Å². The molecule has 0 unspecified atom stereocenters. The number of carbonyl (C=O) groups is 1. The Labute approximate surface area is 187 Å². The highest BCUT2D eigenvalue weighted by Gasteiger charge is 2.59. The summed E-state index contributed by atoms with van der Waals surface area (Å²) in [4.78, 5) is 20.3. The van der Waals surface area contributed by atoms with E-state index in [4.69, 9.17) is 15.2 Å². The van der Waals surface area contributed by atoms with Gasteiger partial charge < -0.3 is 20.5 Å². The third kappa shape index (κ3) is 4.63. The average Bonchev–Trinajstić information content (AvgIpc) is 2.71. The first kappa shape index (κ1) is 25.3. The van der Waals surface area contributed by atoms with Gasteiger partial charge in [0.1, 0.15) is 28.6 Å². The van der Waals surface area contributed by atoms with Gasteiger partial charge in [-0.25, -0.2) is 9.37 Å². The van der Waals surface area contributed by atoms with Crippen molar-refractivity contribution in [2.24, 2.45) is 10.7 Å². The number of hydrogen-bond acceptors (Lipinski definition) is 6. The van der Waals surface area contributed by atoms with Crippen LogP contribution in [0.5, 0.6) is 5.75 Å². The van der Waals surface area contributed by atoms with Gasteiger partial charge in [-0.15, -0.1) is 12.4 Å². The molecule has 0 bridgehead atoms. The first-order valence-corrected chi connectivity index (χ1v) is 9.07. The van der Waals surface area contributed by atoms with E-state index in [9.17, 15) is 22.4 Å². The molecule has 3 rings (SSSR count). The van der Waals surface area contributed by atoms with Crippen LogP contribution in [0.2, 0.25) is 0 Å². The molecule has 0 saturated carbocycles. The number of benzene rings is 1. The van der Waals surface area contributed by atoms with Gasteiger partial charge in [0.05, 0.1) is 19.9 Å². The zero-order valence-electron chi connectivity index (χ0n) is 17.3. The Kier molecular flexibility index (Phi) is 7.05. The van der Waals surface area contributed by atoms with Crippen LogP contribution in [-0.4, -0.2) is 42.2 Å². The van der Waals surface area contributed by atoms with E-state index in [-0.39, 0.29) is 29.4 Å². The van der Waals surface area contributed by atoms with Crippen molar-refractivity contribution in [3.8, 4) is 5.75 Å². The monoisotopic (exact) mass is 476 g/mol. The van der Waals surface area contributed by atoms with Crippen molar-refractivity contribution in [2.45, 2.75) is 31.2 Å². The molecule has 0 fully saturated rings. The van der Waals surface area contributed by atoms with Gasteiger partial charge >= 0.3 is 6.18 Å². The Balaban J connectivity index is 0.00000363. The van der Waals surface area contributed by atoms with Crippen molar-refractivity contribution < 1.29 is 31.8 Å². The lowest BCUT2D eigenvalue weighted by molar-refractivity contribution is -0.249. The number of methoxy groups -OCH3 is 1. The smallest absolute Gasteiger partial charge is 0.424 e. The van der Waals surface area contributed by atoms with E-state index in [1.165, 1.54) is 38.4 Å². The number of aliphatic imine (C=N–C) groups is 1. The van der Waals surface area contributed by atoms with Crippen LogP contribution in [0.25, 0.3) is 0 Å². The first-order valence-electron chi connectivity index (χ1n) is 9.07. The quantitative estimate of drug-likeness (QED) is 0.653. The lowest BCUT2D eigenvalue weighted by Gasteiger charge is -2.41. The molecule has 2 atom stereocenters. The normalized spacial score (nSPS) is 23.0. The lowest BCUT2D eigenvalue weighted by Crippen LogP contribution is -2.60. The summed E-state index contributed by atoms with van der Waals surface area (Å²) in [5.41, 5.74) is 1.47. The highest BCUT2D eigenvalue weighted by Crippen LogP contribution is 2.41. The Morgan fingerprint density at radius 2 is 1.94 bits per heavy atom. The summed E-state index contributed by atoms with van der Waals surface area (Å²) in [6.45, 7) is 1.59. The summed E-state index contributed by atoms with van der Waals surface area (Å²) in [6.07, 6.45) is -3.43. The van der Waals surface area contributed by atoms with Gasteiger partial charge in [-0.1, -0.05) is 0 Å². The molecule has 0 radical (unpaired) electrons. The molecule has 12 heteroatoms. The number of rotatable bonds is 4. The third-order valence-corrected chi connectivity index (χ3v) is 5.05. The molecule has 32 heavy (non-hydrogen) atoms. The van der Waals surface area contributed by atoms with Gasteiger partial charge in [0, 0.05) is 11.3 Å². The van der Waals surface area contributed by atoms with E-state index >= 15 is 0 Å². The molecular weight excluding hydrogens is 456 g/mol. The second kappa shape index (κ2) is 8.91. The molecule has 2 aromatic rings. The fourth-order valence-electron chi connectivity index (χ4n) is 2.97. The number of halogens is 5. The molecule has 1 amide bonds. The minimum absolute atomic E-state index is 0. The molecule has 2 heterocycles.